The highest BCUT2D eigenvalue weighted by Gasteiger charge is 2.00. The Morgan fingerprint density at radius 2 is 1.50 bits per heavy atom. The molecule has 1 nitrogen and oxygen atoms in total. The lowest BCUT2D eigenvalue weighted by Crippen LogP contribution is -2.04. The number of hydrogen-bond donors (Lipinski definition) is 1. The number of ether oxygens (including phenoxy) is 1. The SMILES string of the molecule is CCCCCCCCCC(S)OCC. The molecule has 0 aromatic rings. The summed E-state index contributed by atoms with van der Waals surface area (Å²) in [6.07, 6.45) is 10.6. The Morgan fingerprint density at radius 3 is 2.07 bits per heavy atom. The van der Waals surface area contributed by atoms with Gasteiger partial charge in [0.1, 0.15) is 0 Å². The van der Waals surface area contributed by atoms with Crippen LogP contribution in [-0.2, 0) is 4.74 Å². The zero-order chi connectivity index (χ0) is 10.6. The summed E-state index contributed by atoms with van der Waals surface area (Å²) >= 11 is 4.35. The molecule has 0 aliphatic carbocycles. The van der Waals surface area contributed by atoms with Crippen molar-refractivity contribution in [1.82, 2.24) is 0 Å². The number of unbranched alkanes of at least 4 members (excludes halogenated alkanes) is 6. The van der Waals surface area contributed by atoms with E-state index in [1.807, 2.05) is 6.92 Å². The zero-order valence-electron chi connectivity index (χ0n) is 9.80. The van der Waals surface area contributed by atoms with Gasteiger partial charge in [0.25, 0.3) is 0 Å². The van der Waals surface area contributed by atoms with Crippen molar-refractivity contribution in [2.24, 2.45) is 0 Å². The summed E-state index contributed by atoms with van der Waals surface area (Å²) in [7, 11) is 0. The third kappa shape index (κ3) is 10.4. The highest BCUT2D eigenvalue weighted by molar-refractivity contribution is 7.80. The molecule has 0 aliphatic rings. The van der Waals surface area contributed by atoms with E-state index >= 15 is 0 Å². The molecule has 0 fully saturated rings. The third-order valence-electron chi connectivity index (χ3n) is 2.41. The van der Waals surface area contributed by atoms with Crippen LogP contribution in [0.1, 0.15) is 65.2 Å². The molecule has 14 heavy (non-hydrogen) atoms. The maximum atomic E-state index is 5.35. The molecule has 0 bridgehead atoms. The Balaban J connectivity index is 2.98. The van der Waals surface area contributed by atoms with Gasteiger partial charge in [-0.25, -0.2) is 0 Å². The van der Waals surface area contributed by atoms with Gasteiger partial charge in [-0.3, -0.25) is 0 Å². The van der Waals surface area contributed by atoms with Gasteiger partial charge in [0.05, 0.1) is 5.44 Å². The van der Waals surface area contributed by atoms with Crippen LogP contribution in [-0.4, -0.2) is 12.0 Å². The van der Waals surface area contributed by atoms with Crippen molar-refractivity contribution in [3.63, 3.8) is 0 Å². The topological polar surface area (TPSA) is 9.23 Å². The molecule has 0 amide bonds. The van der Waals surface area contributed by atoms with E-state index in [0.717, 1.165) is 13.0 Å². The van der Waals surface area contributed by atoms with Crippen LogP contribution in [0.4, 0.5) is 0 Å². The predicted molar refractivity (Wildman–Crippen MR) is 67.0 cm³/mol. The minimum atomic E-state index is 0.163. The predicted octanol–water partition coefficient (Wildman–Crippen LogP) is 4.42. The van der Waals surface area contributed by atoms with Gasteiger partial charge in [0.2, 0.25) is 0 Å². The van der Waals surface area contributed by atoms with E-state index in [1.54, 1.807) is 0 Å². The summed E-state index contributed by atoms with van der Waals surface area (Å²) in [5, 5.41) is 0. The summed E-state index contributed by atoms with van der Waals surface area (Å²) < 4.78 is 5.35. The van der Waals surface area contributed by atoms with E-state index < -0.39 is 0 Å². The first-order chi connectivity index (χ1) is 6.81. The molecule has 0 heterocycles. The Hall–Kier alpha value is 0.310. The van der Waals surface area contributed by atoms with Gasteiger partial charge in [-0.1, -0.05) is 51.9 Å². The Labute approximate surface area is 95.0 Å². The van der Waals surface area contributed by atoms with Crippen molar-refractivity contribution in [1.29, 1.82) is 0 Å². The highest BCUT2D eigenvalue weighted by atomic mass is 32.1. The molecular formula is C12H26OS. The second-order valence-electron chi connectivity index (χ2n) is 3.82. The Kier molecular flexibility index (Phi) is 11.6. The molecule has 0 N–H and O–H groups in total. The first kappa shape index (κ1) is 14.3. The lowest BCUT2D eigenvalue weighted by atomic mass is 10.1. The van der Waals surface area contributed by atoms with Gasteiger partial charge >= 0.3 is 0 Å². The lowest BCUT2D eigenvalue weighted by Gasteiger charge is -2.09. The van der Waals surface area contributed by atoms with E-state index in [4.69, 9.17) is 4.74 Å². The average molecular weight is 218 g/mol. The molecule has 2 heteroatoms. The standard InChI is InChI=1S/C12H26OS/c1-3-5-6-7-8-9-10-11-12(14)13-4-2/h12,14H,3-11H2,1-2H3. The Bertz CT molecular complexity index is 106. The molecule has 0 aromatic heterocycles. The van der Waals surface area contributed by atoms with Crippen LogP contribution in [0.25, 0.3) is 0 Å². The molecule has 0 rings (SSSR count). The van der Waals surface area contributed by atoms with Crippen molar-refractivity contribution >= 4 is 12.6 Å². The van der Waals surface area contributed by atoms with Crippen molar-refractivity contribution in [2.75, 3.05) is 6.61 Å². The van der Waals surface area contributed by atoms with Crippen LogP contribution < -0.4 is 0 Å². The third-order valence-corrected chi connectivity index (χ3v) is 2.82. The van der Waals surface area contributed by atoms with Crippen LogP contribution in [0.3, 0.4) is 0 Å². The summed E-state index contributed by atoms with van der Waals surface area (Å²) in [6.45, 7) is 5.06. The van der Waals surface area contributed by atoms with Crippen LogP contribution in [0.2, 0.25) is 0 Å². The molecule has 1 unspecified atom stereocenters. The second kappa shape index (κ2) is 11.4. The van der Waals surface area contributed by atoms with E-state index in [-0.39, 0.29) is 5.44 Å². The average Bonchev–Trinajstić information content (AvgIpc) is 2.17. The first-order valence-corrected chi connectivity index (χ1v) is 6.62. The van der Waals surface area contributed by atoms with Gasteiger partial charge in [0, 0.05) is 6.61 Å². The van der Waals surface area contributed by atoms with Crippen LogP contribution in [0.5, 0.6) is 0 Å². The normalized spacial score (nSPS) is 13.1. The molecule has 0 aliphatic heterocycles. The van der Waals surface area contributed by atoms with E-state index in [2.05, 4.69) is 19.6 Å². The summed E-state index contributed by atoms with van der Waals surface area (Å²) in [5.74, 6) is 0. The summed E-state index contributed by atoms with van der Waals surface area (Å²) in [4.78, 5) is 0. The summed E-state index contributed by atoms with van der Waals surface area (Å²) in [5.41, 5.74) is 0.163. The first-order valence-electron chi connectivity index (χ1n) is 6.11. The van der Waals surface area contributed by atoms with Crippen molar-refractivity contribution < 1.29 is 4.74 Å². The maximum Gasteiger partial charge on any atom is 0.0999 e. The molecule has 0 aromatic carbocycles. The van der Waals surface area contributed by atoms with Gasteiger partial charge < -0.3 is 4.74 Å². The molecule has 86 valence electrons. The molecule has 0 spiro atoms. The van der Waals surface area contributed by atoms with Gasteiger partial charge in [0.15, 0.2) is 0 Å². The fourth-order valence-corrected chi connectivity index (χ4v) is 1.88. The van der Waals surface area contributed by atoms with Gasteiger partial charge in [-0.05, 0) is 13.3 Å². The second-order valence-corrected chi connectivity index (χ2v) is 4.40. The minimum Gasteiger partial charge on any atom is -0.368 e. The summed E-state index contributed by atoms with van der Waals surface area (Å²) in [6, 6.07) is 0. The molecule has 1 atom stereocenters. The monoisotopic (exact) mass is 218 g/mol. The molecule has 0 saturated heterocycles. The maximum absolute atomic E-state index is 5.35. The van der Waals surface area contributed by atoms with Crippen LogP contribution in [0, 0.1) is 0 Å². The quantitative estimate of drug-likeness (QED) is 0.324. The van der Waals surface area contributed by atoms with E-state index in [1.165, 1.54) is 44.9 Å². The number of hydrogen-bond acceptors (Lipinski definition) is 2. The van der Waals surface area contributed by atoms with E-state index in [9.17, 15) is 0 Å². The zero-order valence-corrected chi connectivity index (χ0v) is 10.7. The smallest absolute Gasteiger partial charge is 0.0999 e. The van der Waals surface area contributed by atoms with Crippen molar-refractivity contribution in [3.8, 4) is 0 Å². The van der Waals surface area contributed by atoms with Gasteiger partial charge in [-0.2, -0.15) is 0 Å². The molecular weight excluding hydrogens is 192 g/mol. The number of thiol groups is 1. The highest BCUT2D eigenvalue weighted by Crippen LogP contribution is 2.12. The minimum absolute atomic E-state index is 0.163. The lowest BCUT2D eigenvalue weighted by molar-refractivity contribution is 0.118. The van der Waals surface area contributed by atoms with Crippen LogP contribution >= 0.6 is 12.6 Å². The Morgan fingerprint density at radius 1 is 0.929 bits per heavy atom. The van der Waals surface area contributed by atoms with Crippen LogP contribution in [0.15, 0.2) is 0 Å². The van der Waals surface area contributed by atoms with Gasteiger partial charge in [-0.15, -0.1) is 12.6 Å². The van der Waals surface area contributed by atoms with E-state index in [0.29, 0.717) is 0 Å². The fourth-order valence-electron chi connectivity index (χ4n) is 1.55. The fraction of sp³-hybridized carbons (Fsp3) is 1.00. The number of rotatable bonds is 10. The molecule has 0 saturated carbocycles. The molecule has 0 radical (unpaired) electrons. The van der Waals surface area contributed by atoms with Crippen molar-refractivity contribution in [3.05, 3.63) is 0 Å². The largest absolute Gasteiger partial charge is 0.368 e. The van der Waals surface area contributed by atoms with Crippen molar-refractivity contribution in [2.45, 2.75) is 70.7 Å².